The van der Waals surface area contributed by atoms with E-state index in [0.29, 0.717) is 5.92 Å². The fourth-order valence-electron chi connectivity index (χ4n) is 3.81. The molecular weight excluding hydrogens is 236 g/mol. The van der Waals surface area contributed by atoms with Gasteiger partial charge in [-0.15, -0.1) is 0 Å². The van der Waals surface area contributed by atoms with E-state index in [0.717, 1.165) is 18.3 Å². The van der Waals surface area contributed by atoms with Crippen LogP contribution in [0.25, 0.3) is 0 Å². The molecule has 2 nitrogen and oxygen atoms in total. The number of carbonyl (C=O) groups excluding carboxylic acids is 1. The van der Waals surface area contributed by atoms with Crippen molar-refractivity contribution in [1.29, 1.82) is 0 Å². The Balaban J connectivity index is 1.84. The summed E-state index contributed by atoms with van der Waals surface area (Å²) in [6.45, 7) is 6.17. The Kier molecular flexibility index (Phi) is 5.06. The number of allylic oxidation sites excluding steroid dienone is 2. The second-order valence-electron chi connectivity index (χ2n) is 6.64. The molecule has 1 saturated carbocycles. The zero-order valence-electron chi connectivity index (χ0n) is 12.7. The van der Waals surface area contributed by atoms with Crippen molar-refractivity contribution in [3.8, 4) is 0 Å². The lowest BCUT2D eigenvalue weighted by atomic mass is 9.77. The quantitative estimate of drug-likeness (QED) is 0.552. The first-order chi connectivity index (χ1) is 9.06. The molecule has 0 bridgehead atoms. The minimum Gasteiger partial charge on any atom is -0.462 e. The van der Waals surface area contributed by atoms with Crippen molar-refractivity contribution in [2.45, 2.75) is 71.8 Å². The van der Waals surface area contributed by atoms with Crippen LogP contribution in [0.2, 0.25) is 0 Å². The Morgan fingerprint density at radius 3 is 2.84 bits per heavy atom. The first kappa shape index (κ1) is 14.6. The van der Waals surface area contributed by atoms with Crippen LogP contribution in [0, 0.1) is 17.8 Å². The summed E-state index contributed by atoms with van der Waals surface area (Å²) in [6.07, 6.45) is 11.2. The maximum Gasteiger partial charge on any atom is 0.302 e. The van der Waals surface area contributed by atoms with Gasteiger partial charge >= 0.3 is 5.97 Å². The molecule has 2 aliphatic carbocycles. The van der Waals surface area contributed by atoms with Gasteiger partial charge in [-0.3, -0.25) is 4.79 Å². The van der Waals surface area contributed by atoms with E-state index in [1.54, 1.807) is 5.57 Å². The van der Waals surface area contributed by atoms with Crippen LogP contribution in [0.4, 0.5) is 0 Å². The monoisotopic (exact) mass is 264 g/mol. The minimum atomic E-state index is -0.110. The zero-order valence-corrected chi connectivity index (χ0v) is 12.7. The van der Waals surface area contributed by atoms with E-state index < -0.39 is 0 Å². The molecule has 4 atom stereocenters. The van der Waals surface area contributed by atoms with Crippen molar-refractivity contribution in [3.05, 3.63) is 11.6 Å². The average molecular weight is 264 g/mol. The van der Waals surface area contributed by atoms with Gasteiger partial charge in [0.05, 0.1) is 0 Å². The Morgan fingerprint density at radius 2 is 2.21 bits per heavy atom. The molecule has 0 aliphatic heterocycles. The highest BCUT2D eigenvalue weighted by Crippen LogP contribution is 2.38. The van der Waals surface area contributed by atoms with Gasteiger partial charge in [-0.05, 0) is 69.6 Å². The third-order valence-electron chi connectivity index (χ3n) is 5.06. The van der Waals surface area contributed by atoms with Crippen LogP contribution in [0.1, 0.15) is 65.7 Å². The van der Waals surface area contributed by atoms with E-state index in [9.17, 15) is 4.79 Å². The second kappa shape index (κ2) is 6.58. The van der Waals surface area contributed by atoms with Crippen LogP contribution in [0.15, 0.2) is 11.6 Å². The maximum absolute atomic E-state index is 11.1. The molecular formula is C17H28O2. The number of ether oxygens (including phenoxy) is 1. The second-order valence-corrected chi connectivity index (χ2v) is 6.64. The van der Waals surface area contributed by atoms with Crippen LogP contribution < -0.4 is 0 Å². The van der Waals surface area contributed by atoms with E-state index in [2.05, 4.69) is 19.9 Å². The fraction of sp³-hybridized carbons (Fsp3) is 0.824. The van der Waals surface area contributed by atoms with Gasteiger partial charge in [0.2, 0.25) is 0 Å². The number of hydrogen-bond donors (Lipinski definition) is 0. The number of carbonyl (C=O) groups is 1. The SMILES string of the molecule is CC(=O)OC1CCCC1CC(C)C1CC=C(C)CC1. The first-order valence-corrected chi connectivity index (χ1v) is 7.89. The Bertz CT molecular complexity index is 345. The lowest BCUT2D eigenvalue weighted by molar-refractivity contribution is -0.148. The molecule has 2 aliphatic rings. The van der Waals surface area contributed by atoms with Crippen molar-refractivity contribution in [3.63, 3.8) is 0 Å². The van der Waals surface area contributed by atoms with Gasteiger partial charge in [-0.2, -0.15) is 0 Å². The molecule has 0 saturated heterocycles. The Morgan fingerprint density at radius 1 is 1.42 bits per heavy atom. The molecule has 0 heterocycles. The average Bonchev–Trinajstić information content (AvgIpc) is 2.76. The van der Waals surface area contributed by atoms with E-state index in [1.807, 2.05) is 0 Å². The van der Waals surface area contributed by atoms with Gasteiger partial charge in [0.25, 0.3) is 0 Å². The minimum absolute atomic E-state index is 0.110. The van der Waals surface area contributed by atoms with Crippen molar-refractivity contribution in [2.24, 2.45) is 17.8 Å². The molecule has 0 aromatic rings. The van der Waals surface area contributed by atoms with E-state index in [4.69, 9.17) is 4.74 Å². The fourth-order valence-corrected chi connectivity index (χ4v) is 3.81. The highest BCUT2D eigenvalue weighted by Gasteiger charge is 2.32. The predicted octanol–water partition coefficient (Wildman–Crippen LogP) is 4.49. The van der Waals surface area contributed by atoms with Crippen LogP contribution >= 0.6 is 0 Å². The molecule has 2 rings (SSSR count). The molecule has 0 radical (unpaired) electrons. The number of rotatable bonds is 4. The van der Waals surface area contributed by atoms with Crippen LogP contribution in [-0.2, 0) is 9.53 Å². The first-order valence-electron chi connectivity index (χ1n) is 7.89. The Labute approximate surface area is 117 Å². The van der Waals surface area contributed by atoms with Gasteiger partial charge in [0, 0.05) is 6.92 Å². The van der Waals surface area contributed by atoms with Crippen molar-refractivity contribution in [1.82, 2.24) is 0 Å². The topological polar surface area (TPSA) is 26.3 Å². The summed E-state index contributed by atoms with van der Waals surface area (Å²) in [5, 5.41) is 0. The zero-order chi connectivity index (χ0) is 13.8. The van der Waals surface area contributed by atoms with E-state index in [-0.39, 0.29) is 12.1 Å². The molecule has 0 aromatic heterocycles. The van der Waals surface area contributed by atoms with Crippen LogP contribution in [0.5, 0.6) is 0 Å². The summed E-state index contributed by atoms with van der Waals surface area (Å²) in [4.78, 5) is 11.1. The molecule has 0 amide bonds. The highest BCUT2D eigenvalue weighted by molar-refractivity contribution is 5.66. The van der Waals surface area contributed by atoms with Gasteiger partial charge in [-0.1, -0.05) is 18.6 Å². The third kappa shape index (κ3) is 4.09. The van der Waals surface area contributed by atoms with E-state index >= 15 is 0 Å². The molecule has 0 aromatic carbocycles. The predicted molar refractivity (Wildman–Crippen MR) is 77.8 cm³/mol. The molecule has 2 heteroatoms. The molecule has 0 N–H and O–H groups in total. The summed E-state index contributed by atoms with van der Waals surface area (Å²) < 4.78 is 5.48. The molecule has 1 fully saturated rings. The van der Waals surface area contributed by atoms with Crippen molar-refractivity contribution >= 4 is 5.97 Å². The Hall–Kier alpha value is -0.790. The molecule has 0 spiro atoms. The number of hydrogen-bond acceptors (Lipinski definition) is 2. The highest BCUT2D eigenvalue weighted by atomic mass is 16.5. The van der Waals surface area contributed by atoms with Crippen LogP contribution in [0.3, 0.4) is 0 Å². The van der Waals surface area contributed by atoms with Crippen molar-refractivity contribution < 1.29 is 9.53 Å². The largest absolute Gasteiger partial charge is 0.462 e. The summed E-state index contributed by atoms with van der Waals surface area (Å²) in [7, 11) is 0. The standard InChI is InChI=1S/C17H28O2/c1-12-7-9-15(10-8-12)13(2)11-16-5-4-6-17(16)19-14(3)18/h7,13,15-17H,4-6,8-11H2,1-3H3. The van der Waals surface area contributed by atoms with Crippen LogP contribution in [-0.4, -0.2) is 12.1 Å². The smallest absolute Gasteiger partial charge is 0.302 e. The maximum atomic E-state index is 11.1. The van der Waals surface area contributed by atoms with Gasteiger partial charge in [0.15, 0.2) is 0 Å². The van der Waals surface area contributed by atoms with Gasteiger partial charge in [0.1, 0.15) is 6.10 Å². The summed E-state index contributed by atoms with van der Waals surface area (Å²) in [5.74, 6) is 2.08. The normalized spacial score (nSPS) is 32.8. The summed E-state index contributed by atoms with van der Waals surface area (Å²) in [6, 6.07) is 0. The van der Waals surface area contributed by atoms with Gasteiger partial charge < -0.3 is 4.74 Å². The molecule has 4 unspecified atom stereocenters. The lowest BCUT2D eigenvalue weighted by Crippen LogP contribution is -2.25. The third-order valence-corrected chi connectivity index (χ3v) is 5.06. The summed E-state index contributed by atoms with van der Waals surface area (Å²) in [5.41, 5.74) is 1.56. The van der Waals surface area contributed by atoms with Gasteiger partial charge in [-0.25, -0.2) is 0 Å². The molecule has 19 heavy (non-hydrogen) atoms. The van der Waals surface area contributed by atoms with Crippen molar-refractivity contribution in [2.75, 3.05) is 0 Å². The summed E-state index contributed by atoms with van der Waals surface area (Å²) >= 11 is 0. The molecule has 108 valence electrons. The lowest BCUT2D eigenvalue weighted by Gasteiger charge is -2.30. The van der Waals surface area contributed by atoms with E-state index in [1.165, 1.54) is 45.4 Å². The number of esters is 1.